The number of aromatic hydroxyl groups is 1. The SMILES string of the molecule is CNCc1cc(C)ccc1Pc1cc(C(C)(C)C)cc(C(C)(C)C)c1O. The molecule has 142 valence electrons. The third-order valence-electron chi connectivity index (χ3n) is 4.68. The first-order chi connectivity index (χ1) is 11.9. The Bertz CT molecular complexity index is 782. The minimum absolute atomic E-state index is 0.0496. The Kier molecular flexibility index (Phi) is 6.20. The molecule has 2 N–H and O–H groups in total. The van der Waals surface area contributed by atoms with E-state index in [0.29, 0.717) is 14.3 Å². The summed E-state index contributed by atoms with van der Waals surface area (Å²) in [5.74, 6) is 0.458. The van der Waals surface area contributed by atoms with Gasteiger partial charge in [-0.2, -0.15) is 0 Å². The van der Waals surface area contributed by atoms with Gasteiger partial charge in [0.05, 0.1) is 0 Å². The van der Waals surface area contributed by atoms with Crippen LogP contribution in [0, 0.1) is 6.92 Å². The van der Waals surface area contributed by atoms with Gasteiger partial charge < -0.3 is 10.4 Å². The highest BCUT2D eigenvalue weighted by molar-refractivity contribution is 7.55. The van der Waals surface area contributed by atoms with Crippen LogP contribution in [0.15, 0.2) is 30.3 Å². The van der Waals surface area contributed by atoms with Crippen molar-refractivity contribution in [2.24, 2.45) is 0 Å². The maximum absolute atomic E-state index is 11.0. The predicted molar refractivity (Wildman–Crippen MR) is 117 cm³/mol. The molecule has 0 radical (unpaired) electrons. The van der Waals surface area contributed by atoms with Crippen molar-refractivity contribution < 1.29 is 5.11 Å². The molecule has 2 aromatic rings. The number of aryl methyl sites for hydroxylation is 1. The Morgan fingerprint density at radius 1 is 0.923 bits per heavy atom. The second-order valence-corrected chi connectivity index (χ2v) is 10.6. The fourth-order valence-corrected chi connectivity index (χ4v) is 4.32. The first-order valence-corrected chi connectivity index (χ1v) is 10.3. The van der Waals surface area contributed by atoms with Crippen LogP contribution in [0.25, 0.3) is 0 Å². The maximum atomic E-state index is 11.0. The minimum Gasteiger partial charge on any atom is -0.507 e. The van der Waals surface area contributed by atoms with E-state index in [-0.39, 0.29) is 10.8 Å². The van der Waals surface area contributed by atoms with E-state index < -0.39 is 0 Å². The van der Waals surface area contributed by atoms with Gasteiger partial charge in [0.25, 0.3) is 0 Å². The van der Waals surface area contributed by atoms with Crippen LogP contribution in [0.3, 0.4) is 0 Å². The fourth-order valence-electron chi connectivity index (χ4n) is 3.06. The second kappa shape index (κ2) is 7.71. The summed E-state index contributed by atoms with van der Waals surface area (Å²) in [6.45, 7) is 16.2. The normalized spacial score (nSPS) is 12.9. The zero-order chi connectivity index (χ0) is 19.7. The molecular formula is C23H34NOP. The number of phenols is 1. The van der Waals surface area contributed by atoms with Crippen molar-refractivity contribution in [3.8, 4) is 5.75 Å². The molecule has 0 saturated heterocycles. The van der Waals surface area contributed by atoms with Crippen molar-refractivity contribution in [3.63, 3.8) is 0 Å². The van der Waals surface area contributed by atoms with E-state index in [4.69, 9.17) is 0 Å². The highest BCUT2D eigenvalue weighted by Gasteiger charge is 2.25. The third-order valence-corrected chi connectivity index (χ3v) is 6.09. The third kappa shape index (κ3) is 4.87. The largest absolute Gasteiger partial charge is 0.507 e. The van der Waals surface area contributed by atoms with Gasteiger partial charge in [-0.05, 0) is 47.3 Å². The standard InChI is InChI=1S/C23H34NOP/c1-15-9-10-19(16(11-15)14-24-8)26-20-13-17(22(2,3)4)12-18(21(20)25)23(5,6)7/h9-13,24-26H,14H2,1-8H3. The molecule has 2 nitrogen and oxygen atoms in total. The molecule has 0 amide bonds. The summed E-state index contributed by atoms with van der Waals surface area (Å²) in [7, 11) is 2.42. The lowest BCUT2D eigenvalue weighted by atomic mass is 9.80. The maximum Gasteiger partial charge on any atom is 0.127 e. The molecule has 2 rings (SSSR count). The molecule has 0 aromatic heterocycles. The van der Waals surface area contributed by atoms with Crippen molar-refractivity contribution in [2.75, 3.05) is 7.05 Å². The molecule has 0 saturated carbocycles. The quantitative estimate of drug-likeness (QED) is 0.767. The molecule has 3 heteroatoms. The molecule has 0 aliphatic carbocycles. The molecular weight excluding hydrogens is 337 g/mol. The van der Waals surface area contributed by atoms with Crippen molar-refractivity contribution >= 4 is 19.2 Å². The lowest BCUT2D eigenvalue weighted by Gasteiger charge is -2.27. The van der Waals surface area contributed by atoms with Gasteiger partial charge in [0, 0.05) is 17.4 Å². The number of hydrogen-bond acceptors (Lipinski definition) is 2. The summed E-state index contributed by atoms with van der Waals surface area (Å²) in [5.41, 5.74) is 4.86. The number of phenolic OH excluding ortho intramolecular Hbond substituents is 1. The first-order valence-electron chi connectivity index (χ1n) is 9.32. The lowest BCUT2D eigenvalue weighted by Crippen LogP contribution is -2.22. The highest BCUT2D eigenvalue weighted by atomic mass is 31.1. The van der Waals surface area contributed by atoms with E-state index in [1.54, 1.807) is 0 Å². The molecule has 0 bridgehead atoms. The predicted octanol–water partition coefficient (Wildman–Crippen LogP) is 4.64. The topological polar surface area (TPSA) is 32.3 Å². The number of hydrogen-bond donors (Lipinski definition) is 2. The summed E-state index contributed by atoms with van der Waals surface area (Å²) < 4.78 is 0. The Balaban J connectivity index is 2.59. The van der Waals surface area contributed by atoms with Gasteiger partial charge in [0.2, 0.25) is 0 Å². The molecule has 0 aliphatic rings. The van der Waals surface area contributed by atoms with Crippen LogP contribution >= 0.6 is 8.58 Å². The molecule has 26 heavy (non-hydrogen) atoms. The molecule has 0 spiro atoms. The average molecular weight is 372 g/mol. The van der Waals surface area contributed by atoms with E-state index in [0.717, 1.165) is 17.4 Å². The molecule has 1 atom stereocenters. The first kappa shape index (κ1) is 20.9. The number of benzene rings is 2. The summed E-state index contributed by atoms with van der Waals surface area (Å²) in [4.78, 5) is 0. The molecule has 0 aliphatic heterocycles. The average Bonchev–Trinajstić information content (AvgIpc) is 2.49. The summed E-state index contributed by atoms with van der Waals surface area (Å²) >= 11 is 0. The van der Waals surface area contributed by atoms with Crippen LogP contribution in [0.4, 0.5) is 0 Å². The van der Waals surface area contributed by atoms with E-state index in [2.05, 4.69) is 84.1 Å². The Labute approximate surface area is 161 Å². The molecule has 1 unspecified atom stereocenters. The van der Waals surface area contributed by atoms with E-state index in [1.807, 2.05) is 7.05 Å². The Morgan fingerprint density at radius 2 is 1.58 bits per heavy atom. The van der Waals surface area contributed by atoms with Crippen LogP contribution in [0.5, 0.6) is 5.75 Å². The zero-order valence-corrected chi connectivity index (χ0v) is 18.5. The summed E-state index contributed by atoms with van der Waals surface area (Å²) in [6, 6.07) is 11.0. The number of nitrogens with one attached hydrogen (secondary N) is 1. The van der Waals surface area contributed by atoms with Crippen molar-refractivity contribution in [1.82, 2.24) is 5.32 Å². The molecule has 0 fully saturated rings. The van der Waals surface area contributed by atoms with E-state index in [1.165, 1.54) is 22.0 Å². The van der Waals surface area contributed by atoms with Crippen LogP contribution in [0.1, 0.15) is 63.8 Å². The van der Waals surface area contributed by atoms with Gasteiger partial charge >= 0.3 is 0 Å². The fraction of sp³-hybridized carbons (Fsp3) is 0.478. The van der Waals surface area contributed by atoms with Crippen LogP contribution in [-0.2, 0) is 17.4 Å². The van der Waals surface area contributed by atoms with Crippen molar-refractivity contribution in [3.05, 3.63) is 52.6 Å². The Hall–Kier alpha value is -1.37. The zero-order valence-electron chi connectivity index (χ0n) is 17.5. The summed E-state index contributed by atoms with van der Waals surface area (Å²) in [6.07, 6.45) is 0. The van der Waals surface area contributed by atoms with E-state index in [9.17, 15) is 5.11 Å². The molecule has 0 heterocycles. The lowest BCUT2D eigenvalue weighted by molar-refractivity contribution is 0.449. The van der Waals surface area contributed by atoms with Gasteiger partial charge in [0.1, 0.15) is 5.75 Å². The smallest absolute Gasteiger partial charge is 0.127 e. The minimum atomic E-state index is -0.0916. The highest BCUT2D eigenvalue weighted by Crippen LogP contribution is 2.36. The van der Waals surface area contributed by atoms with Gasteiger partial charge in [0.15, 0.2) is 0 Å². The van der Waals surface area contributed by atoms with Gasteiger partial charge in [-0.25, -0.2) is 0 Å². The van der Waals surface area contributed by atoms with Gasteiger partial charge in [-0.1, -0.05) is 80.0 Å². The van der Waals surface area contributed by atoms with E-state index >= 15 is 0 Å². The van der Waals surface area contributed by atoms with Crippen LogP contribution < -0.4 is 15.9 Å². The van der Waals surface area contributed by atoms with Crippen molar-refractivity contribution in [2.45, 2.75) is 65.8 Å². The second-order valence-electron chi connectivity index (χ2n) is 9.24. The van der Waals surface area contributed by atoms with Crippen LogP contribution in [-0.4, -0.2) is 12.2 Å². The van der Waals surface area contributed by atoms with Crippen molar-refractivity contribution in [1.29, 1.82) is 0 Å². The Morgan fingerprint density at radius 3 is 2.12 bits per heavy atom. The van der Waals surface area contributed by atoms with Gasteiger partial charge in [-0.3, -0.25) is 0 Å². The van der Waals surface area contributed by atoms with Gasteiger partial charge in [-0.15, -0.1) is 0 Å². The number of rotatable bonds is 4. The summed E-state index contributed by atoms with van der Waals surface area (Å²) in [5, 5.41) is 16.7. The molecule has 2 aromatic carbocycles. The van der Waals surface area contributed by atoms with Crippen LogP contribution in [0.2, 0.25) is 0 Å². The monoisotopic (exact) mass is 371 g/mol.